The van der Waals surface area contributed by atoms with E-state index in [1.165, 1.54) is 12.3 Å². The molecule has 9 heteroatoms. The van der Waals surface area contributed by atoms with Gasteiger partial charge in [0.2, 0.25) is 6.23 Å². The van der Waals surface area contributed by atoms with E-state index in [9.17, 15) is 20.0 Å². The molecule has 4 rings (SSSR count). The van der Waals surface area contributed by atoms with Crippen molar-refractivity contribution >= 4 is 5.97 Å². The average Bonchev–Trinajstić information content (AvgIpc) is 2.85. The van der Waals surface area contributed by atoms with E-state index in [-0.39, 0.29) is 11.1 Å². The molecule has 1 N–H and O–H groups in total. The highest BCUT2D eigenvalue weighted by Crippen LogP contribution is 2.44. The van der Waals surface area contributed by atoms with Gasteiger partial charge in [-0.15, -0.1) is 0 Å². The molecule has 35 heavy (non-hydrogen) atoms. The van der Waals surface area contributed by atoms with E-state index in [1.54, 1.807) is 37.0 Å². The van der Waals surface area contributed by atoms with Crippen LogP contribution < -0.4 is 19.6 Å². The fraction of sp³-hybridized carbons (Fsp3) is 0.269. The Labute approximate surface area is 201 Å². The zero-order chi connectivity index (χ0) is 25.1. The molecule has 1 aliphatic rings. The van der Waals surface area contributed by atoms with Crippen LogP contribution in [0.4, 0.5) is 0 Å². The van der Waals surface area contributed by atoms with Crippen LogP contribution in [0.25, 0.3) is 11.3 Å². The molecule has 180 valence electrons. The molecule has 0 saturated heterocycles. The third-order valence-electron chi connectivity index (χ3n) is 5.78. The number of ether oxygens (including phenoxy) is 4. The van der Waals surface area contributed by atoms with Crippen molar-refractivity contribution in [2.75, 3.05) is 27.4 Å². The summed E-state index contributed by atoms with van der Waals surface area (Å²) in [4.78, 5) is 24.3. The Morgan fingerprint density at radius 1 is 1.20 bits per heavy atom. The minimum atomic E-state index is -1.34. The maximum absolute atomic E-state index is 12.6. The maximum atomic E-state index is 12.6. The largest absolute Gasteiger partial charge is 0.497 e. The number of carboxylic acid groups (broad SMARTS) is 1. The Hall–Kier alpha value is -4.29. The lowest BCUT2D eigenvalue weighted by Crippen LogP contribution is -2.28. The zero-order valence-electron chi connectivity index (χ0n) is 19.5. The van der Waals surface area contributed by atoms with Gasteiger partial charge in [0.25, 0.3) is 0 Å². The molecule has 2 aromatic carbocycles. The molecular formula is C26H24N2O7. The standard InChI is InChI=1S/C26H24N2O7/c1-15-5-6-17(33-3)10-18(15)25-28-14-20(26(30)31)22(29)11-21(28)19-9-16(13-27)23(12-24(19)35-25)34-8-4-7-32-2/h5-6,9-12,14,25H,4,7-8H2,1-3H3,(H,30,31). The number of methoxy groups -OCH3 is 2. The van der Waals surface area contributed by atoms with Crippen LogP contribution in [0.15, 0.2) is 47.4 Å². The first-order valence-electron chi connectivity index (χ1n) is 10.9. The summed E-state index contributed by atoms with van der Waals surface area (Å²) < 4.78 is 24.2. The first kappa shape index (κ1) is 23.9. The quantitative estimate of drug-likeness (QED) is 0.488. The molecule has 9 nitrogen and oxygen atoms in total. The minimum Gasteiger partial charge on any atom is -0.497 e. The van der Waals surface area contributed by atoms with Crippen molar-refractivity contribution in [3.05, 3.63) is 75.1 Å². The highest BCUT2D eigenvalue weighted by Gasteiger charge is 2.31. The highest BCUT2D eigenvalue weighted by atomic mass is 16.5. The smallest absolute Gasteiger partial charge is 0.341 e. The SMILES string of the molecule is COCCCOc1cc2c(cc1C#N)-c1cc(=O)c(C(=O)O)cn1C(c1cc(OC)ccc1C)O2. The van der Waals surface area contributed by atoms with E-state index in [0.29, 0.717) is 48.1 Å². The number of carbonyl (C=O) groups is 1. The third kappa shape index (κ3) is 4.56. The summed E-state index contributed by atoms with van der Waals surface area (Å²) >= 11 is 0. The molecule has 0 radical (unpaired) electrons. The van der Waals surface area contributed by atoms with Gasteiger partial charge in [-0.05, 0) is 30.7 Å². The van der Waals surface area contributed by atoms with E-state index >= 15 is 0 Å². The van der Waals surface area contributed by atoms with E-state index in [1.807, 2.05) is 19.1 Å². The fourth-order valence-corrected chi connectivity index (χ4v) is 3.97. The Morgan fingerprint density at radius 3 is 2.69 bits per heavy atom. The second kappa shape index (κ2) is 9.91. The summed E-state index contributed by atoms with van der Waals surface area (Å²) in [7, 11) is 3.15. The lowest BCUT2D eigenvalue weighted by molar-refractivity contribution is 0.0693. The number of hydrogen-bond acceptors (Lipinski definition) is 7. The van der Waals surface area contributed by atoms with Gasteiger partial charge in [0.15, 0.2) is 5.43 Å². The summed E-state index contributed by atoms with van der Waals surface area (Å²) in [5, 5.41) is 19.3. The molecule has 0 bridgehead atoms. The van der Waals surface area contributed by atoms with Crippen LogP contribution in [-0.4, -0.2) is 43.1 Å². The van der Waals surface area contributed by atoms with Gasteiger partial charge in [-0.1, -0.05) is 6.07 Å². The maximum Gasteiger partial charge on any atom is 0.341 e. The van der Waals surface area contributed by atoms with Gasteiger partial charge in [0.1, 0.15) is 28.9 Å². The second-order valence-electron chi connectivity index (χ2n) is 7.99. The molecule has 0 spiro atoms. The Kier molecular flexibility index (Phi) is 6.75. The first-order valence-corrected chi connectivity index (χ1v) is 10.9. The number of hydrogen-bond donors (Lipinski definition) is 1. The predicted molar refractivity (Wildman–Crippen MR) is 126 cm³/mol. The molecule has 0 fully saturated rings. The van der Waals surface area contributed by atoms with E-state index in [2.05, 4.69) is 6.07 Å². The van der Waals surface area contributed by atoms with Crippen LogP contribution >= 0.6 is 0 Å². The summed E-state index contributed by atoms with van der Waals surface area (Å²) in [6, 6.07) is 12.1. The summed E-state index contributed by atoms with van der Waals surface area (Å²) in [6.45, 7) is 2.76. The number of aromatic nitrogens is 1. The van der Waals surface area contributed by atoms with Crippen LogP contribution in [0.2, 0.25) is 0 Å². The van der Waals surface area contributed by atoms with Gasteiger partial charge in [-0.2, -0.15) is 5.26 Å². The topological polar surface area (TPSA) is 120 Å². The highest BCUT2D eigenvalue weighted by molar-refractivity contribution is 5.88. The van der Waals surface area contributed by atoms with E-state index < -0.39 is 17.6 Å². The molecule has 1 unspecified atom stereocenters. The third-order valence-corrected chi connectivity index (χ3v) is 5.78. The van der Waals surface area contributed by atoms with Crippen LogP contribution in [0.3, 0.4) is 0 Å². The molecular weight excluding hydrogens is 452 g/mol. The minimum absolute atomic E-state index is 0.266. The normalized spacial score (nSPS) is 13.7. The average molecular weight is 476 g/mol. The lowest BCUT2D eigenvalue weighted by Gasteiger charge is -2.33. The van der Waals surface area contributed by atoms with Crippen molar-refractivity contribution in [3.8, 4) is 34.6 Å². The number of carboxylic acids is 1. The molecule has 0 saturated carbocycles. The van der Waals surface area contributed by atoms with Crippen molar-refractivity contribution in [3.63, 3.8) is 0 Å². The van der Waals surface area contributed by atoms with Crippen molar-refractivity contribution < 1.29 is 28.8 Å². The number of pyridine rings is 1. The molecule has 0 aliphatic carbocycles. The summed E-state index contributed by atoms with van der Waals surface area (Å²) in [5.41, 5.74) is 1.75. The van der Waals surface area contributed by atoms with Gasteiger partial charge >= 0.3 is 5.97 Å². The Morgan fingerprint density at radius 2 is 2.00 bits per heavy atom. The zero-order valence-corrected chi connectivity index (χ0v) is 19.5. The summed E-state index contributed by atoms with van der Waals surface area (Å²) in [5.74, 6) is 0.0135. The second-order valence-corrected chi connectivity index (χ2v) is 7.99. The Balaban J connectivity index is 1.91. The number of aromatic carboxylic acids is 1. The number of benzene rings is 2. The molecule has 2 heterocycles. The van der Waals surface area contributed by atoms with E-state index in [0.717, 1.165) is 11.1 Å². The first-order chi connectivity index (χ1) is 16.9. The Bertz CT molecular complexity index is 1390. The number of nitriles is 1. The van der Waals surface area contributed by atoms with Gasteiger partial charge < -0.3 is 28.6 Å². The monoisotopic (exact) mass is 476 g/mol. The molecule has 1 aromatic heterocycles. The number of rotatable bonds is 8. The number of nitrogens with zero attached hydrogens (tertiary/aromatic N) is 2. The molecule has 1 atom stereocenters. The van der Waals surface area contributed by atoms with Crippen LogP contribution in [0.1, 0.15) is 39.7 Å². The predicted octanol–water partition coefficient (Wildman–Crippen LogP) is 3.76. The lowest BCUT2D eigenvalue weighted by atomic mass is 10.00. The van der Waals surface area contributed by atoms with Gasteiger partial charge in [-0.3, -0.25) is 4.79 Å². The molecule has 3 aromatic rings. The number of fused-ring (bicyclic) bond motifs is 3. The van der Waals surface area contributed by atoms with Gasteiger partial charge in [0.05, 0.1) is 25.0 Å². The van der Waals surface area contributed by atoms with Crippen LogP contribution in [-0.2, 0) is 4.74 Å². The fourth-order valence-electron chi connectivity index (χ4n) is 3.97. The van der Waals surface area contributed by atoms with E-state index in [4.69, 9.17) is 18.9 Å². The van der Waals surface area contributed by atoms with Crippen LogP contribution in [0.5, 0.6) is 17.2 Å². The van der Waals surface area contributed by atoms with Crippen molar-refractivity contribution in [1.82, 2.24) is 4.57 Å². The van der Waals surface area contributed by atoms with Gasteiger partial charge in [0, 0.05) is 49.6 Å². The van der Waals surface area contributed by atoms with Crippen molar-refractivity contribution in [2.24, 2.45) is 0 Å². The van der Waals surface area contributed by atoms with Crippen LogP contribution in [0, 0.1) is 18.3 Å². The molecule has 0 amide bonds. The van der Waals surface area contributed by atoms with Crippen molar-refractivity contribution in [2.45, 2.75) is 19.6 Å². The number of aryl methyl sites for hydroxylation is 1. The van der Waals surface area contributed by atoms with Gasteiger partial charge in [-0.25, -0.2) is 4.79 Å². The molecule has 1 aliphatic heterocycles. The van der Waals surface area contributed by atoms with Crippen molar-refractivity contribution in [1.29, 1.82) is 5.26 Å². The summed E-state index contributed by atoms with van der Waals surface area (Å²) in [6.07, 6.45) is 1.12.